The summed E-state index contributed by atoms with van der Waals surface area (Å²) >= 11 is 1.35. The van der Waals surface area contributed by atoms with Gasteiger partial charge in [-0.2, -0.15) is 0 Å². The van der Waals surface area contributed by atoms with Crippen LogP contribution in [0.2, 0.25) is 0 Å². The highest BCUT2D eigenvalue weighted by Gasteiger charge is 2.64. The van der Waals surface area contributed by atoms with E-state index in [-0.39, 0.29) is 23.3 Å². The van der Waals surface area contributed by atoms with Gasteiger partial charge in [-0.1, -0.05) is 6.08 Å². The summed E-state index contributed by atoms with van der Waals surface area (Å²) in [5.74, 6) is 0.720. The maximum atomic E-state index is 14.2. The highest BCUT2D eigenvalue weighted by Crippen LogP contribution is 2.60. The molecule has 1 spiro atoms. The largest absolute Gasteiger partial charge is 0.508 e. The number of phenolic OH excluding ortho intramolecular Hbond substituents is 1. The Morgan fingerprint density at radius 2 is 1.84 bits per heavy atom. The molecule has 2 aromatic rings. The molecule has 3 aliphatic rings. The van der Waals surface area contributed by atoms with Crippen LogP contribution >= 0.6 is 11.8 Å². The zero-order valence-corrected chi connectivity index (χ0v) is 18.7. The highest BCUT2D eigenvalue weighted by atomic mass is 32.2. The number of amides is 2. The van der Waals surface area contributed by atoms with Gasteiger partial charge in [-0.3, -0.25) is 19.4 Å². The van der Waals surface area contributed by atoms with Crippen molar-refractivity contribution in [1.29, 1.82) is 0 Å². The van der Waals surface area contributed by atoms with Crippen LogP contribution < -0.4 is 14.5 Å². The van der Waals surface area contributed by atoms with Crippen molar-refractivity contribution in [2.24, 2.45) is 0 Å². The van der Waals surface area contributed by atoms with Crippen LogP contribution in [-0.4, -0.2) is 34.8 Å². The number of rotatable bonds is 3. The first kappa shape index (κ1) is 20.0. The zero-order valence-electron chi connectivity index (χ0n) is 17.9. The summed E-state index contributed by atoms with van der Waals surface area (Å²) in [6.45, 7) is 8.51. The van der Waals surface area contributed by atoms with Gasteiger partial charge in [-0.05, 0) is 69.7 Å². The monoisotopic (exact) mass is 436 g/mol. The van der Waals surface area contributed by atoms with Crippen LogP contribution in [-0.2, 0) is 14.5 Å². The maximum Gasteiger partial charge on any atom is 0.269 e. The lowest BCUT2D eigenvalue weighted by molar-refractivity contribution is -0.124. The molecule has 0 saturated carbocycles. The molecule has 160 valence electrons. The standard InChI is InChI=1S/C24H24N2O4S/c1-5-30-17-10-18-14(2)12-23(3,4)26-21(18)19(11-17)24(22(26)29)25(20(28)13-31-24)15-6-8-16(27)9-7-15/h6-12,27H,5,13H2,1-4H3/t24-/m1/s1. The molecule has 0 radical (unpaired) electrons. The number of nitrogens with zero attached hydrogens (tertiary/aromatic N) is 2. The number of hydrogen-bond acceptors (Lipinski definition) is 5. The van der Waals surface area contributed by atoms with Crippen molar-refractivity contribution >= 4 is 40.5 Å². The molecular weight excluding hydrogens is 412 g/mol. The van der Waals surface area contributed by atoms with Gasteiger partial charge in [-0.25, -0.2) is 0 Å². The van der Waals surface area contributed by atoms with Crippen molar-refractivity contribution in [3.05, 3.63) is 53.6 Å². The van der Waals surface area contributed by atoms with Gasteiger partial charge in [-0.15, -0.1) is 11.8 Å². The molecule has 0 aromatic heterocycles. The second-order valence-corrected chi connectivity index (χ2v) is 9.77. The predicted octanol–water partition coefficient (Wildman–Crippen LogP) is 4.27. The topological polar surface area (TPSA) is 70.1 Å². The molecule has 3 aliphatic heterocycles. The van der Waals surface area contributed by atoms with Gasteiger partial charge in [0.15, 0.2) is 0 Å². The summed E-state index contributed by atoms with van der Waals surface area (Å²) in [6, 6.07) is 10.3. The van der Waals surface area contributed by atoms with Crippen molar-refractivity contribution in [2.45, 2.75) is 38.1 Å². The highest BCUT2D eigenvalue weighted by molar-refractivity contribution is 8.02. The van der Waals surface area contributed by atoms with Gasteiger partial charge in [0, 0.05) is 16.8 Å². The smallest absolute Gasteiger partial charge is 0.269 e. The first-order valence-corrected chi connectivity index (χ1v) is 11.3. The first-order valence-electron chi connectivity index (χ1n) is 10.3. The lowest BCUT2D eigenvalue weighted by atomic mass is 9.89. The van der Waals surface area contributed by atoms with Crippen molar-refractivity contribution in [3.63, 3.8) is 0 Å². The van der Waals surface area contributed by atoms with E-state index in [2.05, 4.69) is 6.08 Å². The molecule has 2 amide bonds. The van der Waals surface area contributed by atoms with Crippen LogP contribution in [0.5, 0.6) is 11.5 Å². The van der Waals surface area contributed by atoms with Crippen molar-refractivity contribution in [1.82, 2.24) is 0 Å². The van der Waals surface area contributed by atoms with Gasteiger partial charge < -0.3 is 9.84 Å². The third kappa shape index (κ3) is 2.59. The predicted molar refractivity (Wildman–Crippen MR) is 123 cm³/mol. The quantitative estimate of drug-likeness (QED) is 0.778. The summed E-state index contributed by atoms with van der Waals surface area (Å²) in [6.07, 6.45) is 2.10. The van der Waals surface area contributed by atoms with E-state index in [0.29, 0.717) is 18.0 Å². The third-order valence-electron chi connectivity index (χ3n) is 6.12. The SMILES string of the molecule is CCOc1cc2c3c(c1)[C@@]1(SCC(=O)N1c1ccc(O)cc1)C(=O)N3C(C)(C)C=C2C. The Morgan fingerprint density at radius 1 is 1.13 bits per heavy atom. The van der Waals surface area contributed by atoms with Crippen LogP contribution in [0.4, 0.5) is 11.4 Å². The van der Waals surface area contributed by atoms with E-state index in [9.17, 15) is 14.7 Å². The molecule has 5 rings (SSSR count). The molecule has 0 unspecified atom stereocenters. The normalized spacial score (nSPS) is 23.4. The number of fused-ring (bicyclic) bond motifs is 1. The van der Waals surface area contributed by atoms with Crippen molar-refractivity contribution in [2.75, 3.05) is 22.2 Å². The van der Waals surface area contributed by atoms with Crippen molar-refractivity contribution < 1.29 is 19.4 Å². The molecule has 1 saturated heterocycles. The van der Waals surface area contributed by atoms with E-state index in [0.717, 1.165) is 22.4 Å². The molecule has 6 nitrogen and oxygen atoms in total. The fourth-order valence-corrected chi connectivity index (χ4v) is 6.33. The van der Waals surface area contributed by atoms with Gasteiger partial charge in [0.1, 0.15) is 11.5 Å². The number of carbonyl (C=O) groups excluding carboxylic acids is 2. The van der Waals surface area contributed by atoms with E-state index in [1.807, 2.05) is 44.7 Å². The molecule has 0 aliphatic carbocycles. The summed E-state index contributed by atoms with van der Waals surface area (Å²) in [4.78, 5) is 29.5. The Labute approximate surface area is 185 Å². The molecule has 0 bridgehead atoms. The molecule has 1 fully saturated rings. The number of thioether (sulfide) groups is 1. The summed E-state index contributed by atoms with van der Waals surface area (Å²) in [7, 11) is 0. The van der Waals surface area contributed by atoms with Gasteiger partial charge in [0.25, 0.3) is 5.91 Å². The Balaban J connectivity index is 1.81. The summed E-state index contributed by atoms with van der Waals surface area (Å²) in [5.41, 5.74) is 3.71. The number of allylic oxidation sites excluding steroid dienone is 1. The maximum absolute atomic E-state index is 14.2. The molecule has 1 atom stereocenters. The van der Waals surface area contributed by atoms with Crippen LogP contribution in [0.15, 0.2) is 42.5 Å². The summed E-state index contributed by atoms with van der Waals surface area (Å²) < 4.78 is 5.85. The Bertz CT molecular complexity index is 1150. The van der Waals surface area contributed by atoms with Crippen LogP contribution in [0.3, 0.4) is 0 Å². The fourth-order valence-electron chi connectivity index (χ4n) is 5.00. The zero-order chi connectivity index (χ0) is 22.1. The minimum atomic E-state index is -1.21. The van der Waals surface area contributed by atoms with Crippen LogP contribution in [0.25, 0.3) is 5.57 Å². The molecule has 7 heteroatoms. The van der Waals surface area contributed by atoms with E-state index in [4.69, 9.17) is 4.74 Å². The molecule has 3 heterocycles. The molecule has 1 N–H and O–H groups in total. The second-order valence-electron chi connectivity index (χ2n) is 8.60. The number of aromatic hydroxyl groups is 1. The lowest BCUT2D eigenvalue weighted by Gasteiger charge is -2.40. The van der Waals surface area contributed by atoms with E-state index < -0.39 is 10.4 Å². The van der Waals surface area contributed by atoms with Gasteiger partial charge in [0.2, 0.25) is 10.8 Å². The minimum Gasteiger partial charge on any atom is -0.508 e. The number of phenols is 1. The average Bonchev–Trinajstić information content (AvgIpc) is 3.18. The number of hydrogen-bond donors (Lipinski definition) is 1. The van der Waals surface area contributed by atoms with E-state index in [1.165, 1.54) is 23.9 Å². The first-order chi connectivity index (χ1) is 14.7. The van der Waals surface area contributed by atoms with Crippen molar-refractivity contribution in [3.8, 4) is 11.5 Å². The molecule has 31 heavy (non-hydrogen) atoms. The number of anilines is 2. The number of benzene rings is 2. The van der Waals surface area contributed by atoms with Gasteiger partial charge in [0.05, 0.1) is 23.6 Å². The number of ether oxygens (including phenoxy) is 1. The molecular formula is C24H24N2O4S. The van der Waals surface area contributed by atoms with Crippen LogP contribution in [0, 0.1) is 0 Å². The fraction of sp³-hybridized carbons (Fsp3) is 0.333. The third-order valence-corrected chi connectivity index (χ3v) is 7.51. The Morgan fingerprint density at radius 3 is 2.52 bits per heavy atom. The van der Waals surface area contributed by atoms with Crippen LogP contribution in [0.1, 0.15) is 38.8 Å². The number of carbonyl (C=O) groups is 2. The Kier molecular flexibility index (Phi) is 4.21. The van der Waals surface area contributed by atoms with Gasteiger partial charge >= 0.3 is 0 Å². The van der Waals surface area contributed by atoms with E-state index in [1.54, 1.807) is 17.0 Å². The van der Waals surface area contributed by atoms with E-state index >= 15 is 0 Å². The lowest BCUT2D eigenvalue weighted by Crippen LogP contribution is -2.54. The molecule has 2 aromatic carbocycles. The minimum absolute atomic E-state index is 0.108. The Hall–Kier alpha value is -2.93. The summed E-state index contributed by atoms with van der Waals surface area (Å²) in [5, 5.41) is 9.74. The second kappa shape index (κ2) is 6.53. The average molecular weight is 437 g/mol.